The molecule has 7 heteroatoms. The van der Waals surface area contributed by atoms with E-state index in [9.17, 15) is 0 Å². The zero-order valence-electron chi connectivity index (χ0n) is 15.9. The maximum Gasteiger partial charge on any atom is 0.164 e. The largest absolute Gasteiger partial charge is 0.333 e. The first kappa shape index (κ1) is 18.1. The third kappa shape index (κ3) is 4.48. The lowest BCUT2D eigenvalue weighted by atomic mass is 10.2. The Hall–Kier alpha value is -1.70. The van der Waals surface area contributed by atoms with Gasteiger partial charge in [0.15, 0.2) is 11.6 Å². The van der Waals surface area contributed by atoms with Crippen molar-refractivity contribution in [3.05, 3.63) is 36.4 Å². The van der Waals surface area contributed by atoms with E-state index in [2.05, 4.69) is 50.3 Å². The molecule has 3 heterocycles. The smallest absolute Gasteiger partial charge is 0.164 e. The summed E-state index contributed by atoms with van der Waals surface area (Å²) in [4.78, 5) is 11.8. The lowest BCUT2D eigenvalue weighted by molar-refractivity contribution is -0.953. The summed E-state index contributed by atoms with van der Waals surface area (Å²) in [5.74, 6) is 2.30. The van der Waals surface area contributed by atoms with Crippen molar-refractivity contribution in [2.75, 3.05) is 45.8 Å². The van der Waals surface area contributed by atoms with E-state index in [-0.39, 0.29) is 0 Å². The lowest BCUT2D eigenvalue weighted by Gasteiger charge is -2.39. The van der Waals surface area contributed by atoms with Gasteiger partial charge in [-0.2, -0.15) is 0 Å². The van der Waals surface area contributed by atoms with Gasteiger partial charge in [-0.25, -0.2) is 9.97 Å². The van der Waals surface area contributed by atoms with Gasteiger partial charge in [0.1, 0.15) is 13.1 Å². The van der Waals surface area contributed by atoms with Crippen molar-refractivity contribution in [3.8, 4) is 0 Å². The minimum Gasteiger partial charge on any atom is -0.333 e. The topological polar surface area (TPSA) is 50.9 Å². The van der Waals surface area contributed by atoms with Crippen molar-refractivity contribution < 1.29 is 4.48 Å². The third-order valence-electron chi connectivity index (χ3n) is 5.50. The molecule has 1 aliphatic heterocycles. The average Bonchev–Trinajstić information content (AvgIpc) is 3.20. The molecule has 1 aliphatic rings. The van der Waals surface area contributed by atoms with Crippen LogP contribution in [0.5, 0.6) is 0 Å². The molecule has 0 saturated carbocycles. The van der Waals surface area contributed by atoms with Gasteiger partial charge in [-0.15, -0.1) is 0 Å². The van der Waals surface area contributed by atoms with Crippen LogP contribution in [0.4, 0.5) is 0 Å². The first-order valence-corrected chi connectivity index (χ1v) is 9.32. The maximum atomic E-state index is 4.61. The van der Waals surface area contributed by atoms with E-state index in [1.54, 1.807) is 0 Å². The number of nitrogens with one attached hydrogen (secondary N) is 1. The first-order chi connectivity index (χ1) is 12.1. The summed E-state index contributed by atoms with van der Waals surface area (Å²) in [6, 6.07) is 0. The van der Waals surface area contributed by atoms with Crippen LogP contribution in [0.15, 0.2) is 24.8 Å². The number of hydrogen-bond donors (Lipinski definition) is 1. The first-order valence-electron chi connectivity index (χ1n) is 9.32. The van der Waals surface area contributed by atoms with Crippen molar-refractivity contribution in [2.24, 2.45) is 14.1 Å². The number of nitrogens with zero attached hydrogens (tertiary/aromatic N) is 6. The van der Waals surface area contributed by atoms with Crippen molar-refractivity contribution in [1.82, 2.24) is 29.3 Å². The lowest BCUT2D eigenvalue weighted by Crippen LogP contribution is -2.53. The molecule has 0 bridgehead atoms. The molecular formula is C18H32N7+. The molecule has 0 aliphatic carbocycles. The number of rotatable bonds is 5. The Kier molecular flexibility index (Phi) is 5.88. The predicted octanol–water partition coefficient (Wildman–Crippen LogP) is 0.596. The van der Waals surface area contributed by atoms with Gasteiger partial charge in [0.25, 0.3) is 0 Å². The van der Waals surface area contributed by atoms with E-state index >= 15 is 0 Å². The summed E-state index contributed by atoms with van der Waals surface area (Å²) in [6.07, 6.45) is 7.89. The molecule has 0 spiro atoms. The fraction of sp³-hybridized carbons (Fsp3) is 0.667. The van der Waals surface area contributed by atoms with Crippen LogP contribution in [-0.2, 0) is 27.2 Å². The molecule has 1 fully saturated rings. The van der Waals surface area contributed by atoms with Crippen molar-refractivity contribution in [1.29, 1.82) is 0 Å². The number of likely N-dealkylation sites (N-methyl/N-ethyl adjacent to an activating group) is 1. The average molecular weight is 347 g/mol. The molecule has 25 heavy (non-hydrogen) atoms. The molecule has 2 aromatic rings. The van der Waals surface area contributed by atoms with Gasteiger partial charge in [-0.05, 0) is 6.54 Å². The summed E-state index contributed by atoms with van der Waals surface area (Å²) < 4.78 is 5.28. The van der Waals surface area contributed by atoms with E-state index in [1.165, 1.54) is 0 Å². The van der Waals surface area contributed by atoms with Gasteiger partial charge in [-0.1, -0.05) is 6.92 Å². The van der Waals surface area contributed by atoms with Crippen LogP contribution in [0.3, 0.4) is 0 Å². The van der Waals surface area contributed by atoms with E-state index in [0.29, 0.717) is 0 Å². The minimum atomic E-state index is 0.940. The molecular weight excluding hydrogens is 314 g/mol. The van der Waals surface area contributed by atoms with Crippen molar-refractivity contribution >= 4 is 0 Å². The molecule has 3 rings (SSSR count). The molecule has 0 radical (unpaired) electrons. The van der Waals surface area contributed by atoms with Crippen LogP contribution in [0.1, 0.15) is 18.6 Å². The van der Waals surface area contributed by atoms with Gasteiger partial charge in [0.05, 0.1) is 13.1 Å². The fourth-order valence-corrected chi connectivity index (χ4v) is 3.64. The summed E-state index contributed by atoms with van der Waals surface area (Å²) >= 11 is 0. The van der Waals surface area contributed by atoms with Gasteiger partial charge >= 0.3 is 0 Å². The van der Waals surface area contributed by atoms with Crippen LogP contribution in [0.25, 0.3) is 0 Å². The standard InChI is InChI=1S/C18H32N7/c1-4-24-11-5-19-8-13-25(14-12-24,15-17-20-6-9-22(17)2)16-18-21-7-10-23(18)3/h6-7,9-10,19H,4-5,8,11-16H2,1-3H3/q+1. The number of quaternary nitrogens is 1. The van der Waals surface area contributed by atoms with Gasteiger partial charge in [-0.3, -0.25) is 4.90 Å². The highest BCUT2D eigenvalue weighted by molar-refractivity contribution is 4.92. The second kappa shape index (κ2) is 8.12. The van der Waals surface area contributed by atoms with Gasteiger partial charge in [0.2, 0.25) is 0 Å². The normalized spacial score (nSPS) is 19.3. The number of aryl methyl sites for hydroxylation is 2. The number of aromatic nitrogens is 4. The highest BCUT2D eigenvalue weighted by atomic mass is 15.4. The van der Waals surface area contributed by atoms with Crippen molar-refractivity contribution in [3.63, 3.8) is 0 Å². The summed E-state index contributed by atoms with van der Waals surface area (Å²) in [5, 5.41) is 3.62. The quantitative estimate of drug-likeness (QED) is 0.806. The van der Waals surface area contributed by atoms with E-state index in [1.807, 2.05) is 24.8 Å². The van der Waals surface area contributed by atoms with Crippen molar-refractivity contribution in [2.45, 2.75) is 20.0 Å². The summed E-state index contributed by atoms with van der Waals surface area (Å²) in [5.41, 5.74) is 0. The number of imidazole rings is 2. The zero-order valence-corrected chi connectivity index (χ0v) is 15.9. The van der Waals surface area contributed by atoms with Crippen LogP contribution in [-0.4, -0.2) is 74.3 Å². The Morgan fingerprint density at radius 1 is 0.960 bits per heavy atom. The Morgan fingerprint density at radius 2 is 1.60 bits per heavy atom. The van der Waals surface area contributed by atoms with E-state index in [0.717, 1.165) is 75.0 Å². The zero-order chi connectivity index (χ0) is 17.7. The Balaban J connectivity index is 1.88. The summed E-state index contributed by atoms with van der Waals surface area (Å²) in [6.45, 7) is 11.8. The Bertz CT molecular complexity index is 618. The second-order valence-corrected chi connectivity index (χ2v) is 7.20. The van der Waals surface area contributed by atoms with E-state index in [4.69, 9.17) is 0 Å². The molecule has 1 saturated heterocycles. The molecule has 0 atom stereocenters. The highest BCUT2D eigenvalue weighted by Crippen LogP contribution is 2.19. The molecule has 2 aromatic heterocycles. The monoisotopic (exact) mass is 346 g/mol. The van der Waals surface area contributed by atoms with Crippen LogP contribution >= 0.6 is 0 Å². The SMILES string of the molecule is CCN1CCNCC[N+](Cc2nccn2C)(Cc2nccn2C)CC1. The van der Waals surface area contributed by atoms with Crippen LogP contribution in [0, 0.1) is 0 Å². The molecule has 0 unspecified atom stereocenters. The molecule has 1 N–H and O–H groups in total. The summed E-state index contributed by atoms with van der Waals surface area (Å²) in [7, 11) is 4.18. The van der Waals surface area contributed by atoms with Gasteiger partial charge in [0, 0.05) is 65.1 Å². The highest BCUT2D eigenvalue weighted by Gasteiger charge is 2.32. The Morgan fingerprint density at radius 3 is 2.12 bits per heavy atom. The third-order valence-corrected chi connectivity index (χ3v) is 5.50. The molecule has 0 aromatic carbocycles. The van der Waals surface area contributed by atoms with Crippen LogP contribution < -0.4 is 5.32 Å². The van der Waals surface area contributed by atoms with Crippen LogP contribution in [0.2, 0.25) is 0 Å². The molecule has 7 nitrogen and oxygen atoms in total. The predicted molar refractivity (Wildman–Crippen MR) is 98.8 cm³/mol. The fourth-order valence-electron chi connectivity index (χ4n) is 3.64. The molecule has 0 amide bonds. The minimum absolute atomic E-state index is 0.940. The van der Waals surface area contributed by atoms with Gasteiger partial charge < -0.3 is 18.9 Å². The Labute approximate surface area is 150 Å². The molecule has 138 valence electrons. The number of hydrogen-bond acceptors (Lipinski definition) is 4. The maximum absolute atomic E-state index is 4.61. The second-order valence-electron chi connectivity index (χ2n) is 7.20. The van der Waals surface area contributed by atoms with E-state index < -0.39 is 0 Å².